The minimum absolute atomic E-state index is 0.0359. The number of carbonyl (C=O) groups excluding carboxylic acids is 1. The van der Waals surface area contributed by atoms with E-state index in [4.69, 9.17) is 4.98 Å². The molecule has 3 aromatic heterocycles. The van der Waals surface area contributed by atoms with E-state index in [1.54, 1.807) is 22.4 Å². The lowest BCUT2D eigenvalue weighted by molar-refractivity contribution is 0.219. The maximum absolute atomic E-state index is 14.2. The molecule has 0 saturated carbocycles. The number of nitrogens with one attached hydrogen (secondary N) is 2. The fraction of sp³-hybridized carbons (Fsp3) is 0.308. The summed E-state index contributed by atoms with van der Waals surface area (Å²) in [6.45, 7) is 5.20. The van der Waals surface area contributed by atoms with Gasteiger partial charge in [-0.1, -0.05) is 18.2 Å². The molecule has 2 N–H and O–H groups in total. The lowest BCUT2D eigenvalue weighted by atomic mass is 10.00. The largest absolute Gasteiger partial charge is 0.352 e. The van der Waals surface area contributed by atoms with E-state index in [0.29, 0.717) is 38.7 Å². The number of anilines is 1. The molecule has 0 aliphatic carbocycles. The van der Waals surface area contributed by atoms with Crippen LogP contribution in [0.3, 0.4) is 0 Å². The molecule has 8 nitrogen and oxygen atoms in total. The lowest BCUT2D eigenvalue weighted by Crippen LogP contribution is -2.32. The summed E-state index contributed by atoms with van der Waals surface area (Å²) in [4.78, 5) is 29.7. The first-order valence-electron chi connectivity index (χ1n) is 11.8. The highest BCUT2D eigenvalue weighted by Gasteiger charge is 2.19. The van der Waals surface area contributed by atoms with Gasteiger partial charge >= 0.3 is 6.03 Å². The van der Waals surface area contributed by atoms with Gasteiger partial charge in [0.2, 0.25) is 11.9 Å². The van der Waals surface area contributed by atoms with Crippen LogP contribution >= 0.6 is 11.3 Å². The number of fused-ring (bicyclic) bond motifs is 1. The van der Waals surface area contributed by atoms with Crippen LogP contribution in [0.25, 0.3) is 31.8 Å². The van der Waals surface area contributed by atoms with Crippen molar-refractivity contribution in [1.82, 2.24) is 30.1 Å². The Kier molecular flexibility index (Phi) is 6.80. The summed E-state index contributed by atoms with van der Waals surface area (Å²) < 4.78 is 15.3. The molecule has 4 aromatic rings. The Labute approximate surface area is 213 Å². The zero-order chi connectivity index (χ0) is 25.2. The number of amides is 2. The summed E-state index contributed by atoms with van der Waals surface area (Å²) in [6.07, 6.45) is 3.43. The molecule has 0 atom stereocenters. The number of aryl methyl sites for hydroxylation is 1. The van der Waals surface area contributed by atoms with E-state index in [-0.39, 0.29) is 6.03 Å². The molecule has 36 heavy (non-hydrogen) atoms. The Morgan fingerprint density at radius 2 is 2.06 bits per heavy atom. The molecule has 0 unspecified atom stereocenters. The van der Waals surface area contributed by atoms with Gasteiger partial charge in [0.1, 0.15) is 0 Å². The van der Waals surface area contributed by atoms with Gasteiger partial charge in [-0.25, -0.2) is 19.7 Å². The standard InChI is InChI=1S/C26H28FN7OS/c1-16-13-31-25(28-7-9-34-10-8-29-26(34)35)32-23(16)21-11-17-5-4-6-19(24(17)36-21)20-12-22(27)30-14-18(20)15-33(2)3/h4-6,11-14H,7-10,15H2,1-3H3,(H,29,35)(H,28,31,32). The summed E-state index contributed by atoms with van der Waals surface area (Å²) in [5, 5.41) is 7.12. The van der Waals surface area contributed by atoms with Crippen molar-refractivity contribution in [2.24, 2.45) is 0 Å². The monoisotopic (exact) mass is 505 g/mol. The van der Waals surface area contributed by atoms with Gasteiger partial charge in [-0.3, -0.25) is 0 Å². The Balaban J connectivity index is 1.46. The summed E-state index contributed by atoms with van der Waals surface area (Å²) in [5.41, 5.74) is 4.63. The van der Waals surface area contributed by atoms with Crippen molar-refractivity contribution in [3.05, 3.63) is 59.8 Å². The molecule has 0 spiro atoms. The Morgan fingerprint density at radius 1 is 1.19 bits per heavy atom. The van der Waals surface area contributed by atoms with E-state index in [0.717, 1.165) is 42.9 Å². The van der Waals surface area contributed by atoms with Crippen LogP contribution in [0.2, 0.25) is 0 Å². The van der Waals surface area contributed by atoms with E-state index in [2.05, 4.69) is 32.7 Å². The number of aromatic nitrogens is 3. The molecule has 2 amide bonds. The summed E-state index contributed by atoms with van der Waals surface area (Å²) in [5.74, 6) is 0.0346. The maximum Gasteiger partial charge on any atom is 0.317 e. The van der Waals surface area contributed by atoms with Gasteiger partial charge in [-0.2, -0.15) is 4.39 Å². The third kappa shape index (κ3) is 5.00. The molecule has 10 heteroatoms. The number of carbonyl (C=O) groups is 1. The topological polar surface area (TPSA) is 86.3 Å². The molecular formula is C26H28FN7OS. The zero-order valence-electron chi connectivity index (χ0n) is 20.5. The molecule has 1 aromatic carbocycles. The fourth-order valence-corrected chi connectivity index (χ4v) is 5.61. The van der Waals surface area contributed by atoms with Crippen LogP contribution in [0.4, 0.5) is 15.1 Å². The minimum Gasteiger partial charge on any atom is -0.352 e. The molecule has 0 bridgehead atoms. The van der Waals surface area contributed by atoms with Crippen LogP contribution < -0.4 is 10.6 Å². The van der Waals surface area contributed by atoms with E-state index >= 15 is 0 Å². The highest BCUT2D eigenvalue weighted by Crippen LogP contribution is 2.40. The quantitative estimate of drug-likeness (QED) is 0.346. The van der Waals surface area contributed by atoms with Crippen molar-refractivity contribution in [2.45, 2.75) is 13.5 Å². The second-order valence-electron chi connectivity index (χ2n) is 9.11. The number of halogens is 1. The van der Waals surface area contributed by atoms with E-state index in [1.807, 2.05) is 44.2 Å². The predicted molar refractivity (Wildman–Crippen MR) is 142 cm³/mol. The average Bonchev–Trinajstić information content (AvgIpc) is 3.47. The highest BCUT2D eigenvalue weighted by molar-refractivity contribution is 7.22. The van der Waals surface area contributed by atoms with E-state index < -0.39 is 5.95 Å². The van der Waals surface area contributed by atoms with Crippen LogP contribution in [0.5, 0.6) is 0 Å². The van der Waals surface area contributed by atoms with Crippen molar-refractivity contribution < 1.29 is 9.18 Å². The van der Waals surface area contributed by atoms with Gasteiger partial charge in [0, 0.05) is 61.4 Å². The van der Waals surface area contributed by atoms with Crippen LogP contribution in [0, 0.1) is 12.9 Å². The Morgan fingerprint density at radius 3 is 2.83 bits per heavy atom. The normalized spacial score (nSPS) is 13.6. The first kappa shape index (κ1) is 24.1. The third-order valence-corrected chi connectivity index (χ3v) is 7.28. The molecule has 4 heterocycles. The number of thiophene rings is 1. The Hall–Kier alpha value is -3.63. The fourth-order valence-electron chi connectivity index (χ4n) is 4.37. The molecule has 186 valence electrons. The number of rotatable bonds is 8. The smallest absolute Gasteiger partial charge is 0.317 e. The number of benzene rings is 1. The third-order valence-electron chi connectivity index (χ3n) is 6.09. The average molecular weight is 506 g/mol. The van der Waals surface area contributed by atoms with Crippen molar-refractivity contribution in [3.8, 4) is 21.7 Å². The Bertz CT molecular complexity index is 1420. The highest BCUT2D eigenvalue weighted by atomic mass is 32.1. The van der Waals surface area contributed by atoms with Crippen molar-refractivity contribution >= 4 is 33.4 Å². The minimum atomic E-state index is -0.491. The van der Waals surface area contributed by atoms with E-state index in [1.165, 1.54) is 6.07 Å². The number of nitrogens with zero attached hydrogens (tertiary/aromatic N) is 5. The maximum atomic E-state index is 14.2. The van der Waals surface area contributed by atoms with Gasteiger partial charge in [0.25, 0.3) is 0 Å². The van der Waals surface area contributed by atoms with E-state index in [9.17, 15) is 9.18 Å². The van der Waals surface area contributed by atoms with Crippen LogP contribution in [-0.2, 0) is 6.54 Å². The first-order valence-corrected chi connectivity index (χ1v) is 12.6. The molecule has 1 aliphatic rings. The lowest BCUT2D eigenvalue weighted by Gasteiger charge is -2.14. The van der Waals surface area contributed by atoms with Gasteiger partial charge in [0.15, 0.2) is 0 Å². The summed E-state index contributed by atoms with van der Waals surface area (Å²) >= 11 is 1.64. The molecule has 5 rings (SSSR count). The molecule has 1 saturated heterocycles. The molecular weight excluding hydrogens is 477 g/mol. The van der Waals surface area contributed by atoms with Gasteiger partial charge in [-0.15, -0.1) is 11.3 Å². The summed E-state index contributed by atoms with van der Waals surface area (Å²) in [6, 6.07) is 9.71. The predicted octanol–water partition coefficient (Wildman–Crippen LogP) is 4.37. The summed E-state index contributed by atoms with van der Waals surface area (Å²) in [7, 11) is 3.97. The zero-order valence-corrected chi connectivity index (χ0v) is 21.3. The van der Waals surface area contributed by atoms with Crippen molar-refractivity contribution in [3.63, 3.8) is 0 Å². The van der Waals surface area contributed by atoms with Crippen LogP contribution in [0.15, 0.2) is 42.7 Å². The number of hydrogen-bond donors (Lipinski definition) is 2. The van der Waals surface area contributed by atoms with Crippen molar-refractivity contribution in [2.75, 3.05) is 45.6 Å². The number of pyridine rings is 1. The molecule has 1 aliphatic heterocycles. The second-order valence-corrected chi connectivity index (χ2v) is 10.2. The van der Waals surface area contributed by atoms with Crippen molar-refractivity contribution in [1.29, 1.82) is 0 Å². The van der Waals surface area contributed by atoms with Gasteiger partial charge in [-0.05, 0) is 49.2 Å². The number of urea groups is 1. The molecule has 1 fully saturated rings. The van der Waals surface area contributed by atoms with Gasteiger partial charge in [0.05, 0.1) is 10.6 Å². The van der Waals surface area contributed by atoms with Crippen LogP contribution in [-0.4, -0.2) is 71.1 Å². The first-order chi connectivity index (χ1) is 17.4. The van der Waals surface area contributed by atoms with Crippen LogP contribution in [0.1, 0.15) is 11.1 Å². The molecule has 0 radical (unpaired) electrons. The second kappa shape index (κ2) is 10.2. The number of hydrogen-bond acceptors (Lipinski definition) is 7. The van der Waals surface area contributed by atoms with Gasteiger partial charge < -0.3 is 20.4 Å². The SMILES string of the molecule is Cc1cnc(NCCN2CCNC2=O)nc1-c1cc2cccc(-c3cc(F)ncc3CN(C)C)c2s1.